The van der Waals surface area contributed by atoms with Crippen molar-refractivity contribution >= 4 is 26.7 Å². The molecule has 2 heterocycles. The first-order chi connectivity index (χ1) is 14.9. The predicted octanol–water partition coefficient (Wildman–Crippen LogP) is 4.07. The molecule has 0 atom stereocenters. The second kappa shape index (κ2) is 8.55. The van der Waals surface area contributed by atoms with Gasteiger partial charge in [-0.25, -0.2) is 9.97 Å². The lowest BCUT2D eigenvalue weighted by atomic mass is 10.1. The van der Waals surface area contributed by atoms with Crippen LogP contribution in [0.15, 0.2) is 59.8 Å². The molecule has 0 bridgehead atoms. The summed E-state index contributed by atoms with van der Waals surface area (Å²) < 4.78 is 32.4. The number of hydrogen-bond acceptors (Lipinski definition) is 4. The van der Waals surface area contributed by atoms with Gasteiger partial charge in [0.2, 0.25) is 0 Å². The number of rotatable bonds is 8. The number of aryl methyl sites for hydroxylation is 5. The van der Waals surface area contributed by atoms with Gasteiger partial charge in [0.1, 0.15) is 11.6 Å². The average Bonchev–Trinajstić information content (AvgIpc) is 3.28. The number of imidazole rings is 2. The van der Waals surface area contributed by atoms with Gasteiger partial charge in [0.25, 0.3) is 10.0 Å². The zero-order chi connectivity index (χ0) is 22.0. The van der Waals surface area contributed by atoms with Gasteiger partial charge in [0, 0.05) is 26.2 Å². The fourth-order valence-corrected chi connectivity index (χ4v) is 4.87. The first-order valence-corrected chi connectivity index (χ1v) is 11.9. The van der Waals surface area contributed by atoms with E-state index < -0.39 is 10.0 Å². The maximum atomic E-state index is 12.8. The smallest absolute Gasteiger partial charge is 0.280 e. The second-order valence-electron chi connectivity index (χ2n) is 7.67. The fraction of sp³-hybridized carbons (Fsp3) is 0.304. The Kier molecular flexibility index (Phi) is 5.82. The molecule has 7 nitrogen and oxygen atoms in total. The summed E-state index contributed by atoms with van der Waals surface area (Å²) in [7, 11) is -1.99. The van der Waals surface area contributed by atoms with Gasteiger partial charge in [0.15, 0.2) is 5.03 Å². The summed E-state index contributed by atoms with van der Waals surface area (Å²) in [6.45, 7) is 4.83. The van der Waals surface area contributed by atoms with E-state index in [0.29, 0.717) is 17.9 Å². The maximum absolute atomic E-state index is 12.8. The summed E-state index contributed by atoms with van der Waals surface area (Å²) in [4.78, 5) is 8.98. The van der Waals surface area contributed by atoms with Crippen LogP contribution in [-0.4, -0.2) is 27.5 Å². The number of fused-ring (bicyclic) bond motifs is 1. The molecule has 0 aliphatic heterocycles. The van der Waals surface area contributed by atoms with Crippen molar-refractivity contribution in [1.82, 2.24) is 19.1 Å². The van der Waals surface area contributed by atoms with Crippen LogP contribution in [0.3, 0.4) is 0 Å². The van der Waals surface area contributed by atoms with Gasteiger partial charge in [0.05, 0.1) is 16.7 Å². The van der Waals surface area contributed by atoms with Gasteiger partial charge in [-0.15, -0.1) is 0 Å². The van der Waals surface area contributed by atoms with Crippen LogP contribution in [0.25, 0.3) is 11.0 Å². The minimum Gasteiger partial charge on any atom is -0.337 e. The van der Waals surface area contributed by atoms with Crippen LogP contribution in [0.5, 0.6) is 0 Å². The molecule has 0 fully saturated rings. The Morgan fingerprint density at radius 3 is 2.48 bits per heavy atom. The zero-order valence-electron chi connectivity index (χ0n) is 18.0. The Labute approximate surface area is 182 Å². The molecule has 162 valence electrons. The monoisotopic (exact) mass is 437 g/mol. The molecular weight excluding hydrogens is 410 g/mol. The molecule has 0 aliphatic carbocycles. The van der Waals surface area contributed by atoms with E-state index in [1.807, 2.05) is 36.4 Å². The van der Waals surface area contributed by atoms with E-state index in [2.05, 4.69) is 27.3 Å². The molecular formula is C23H27N5O2S. The number of nitrogens with zero attached hydrogens (tertiary/aromatic N) is 4. The molecule has 2 aromatic heterocycles. The van der Waals surface area contributed by atoms with Gasteiger partial charge < -0.3 is 9.13 Å². The highest BCUT2D eigenvalue weighted by Crippen LogP contribution is 2.23. The largest absolute Gasteiger partial charge is 0.337 e. The SMILES string of the molecule is CCCn1c(CCc2ccccc2NS(=O)(=O)c2cn(C)c(C)n2)nc2ccccc21. The molecule has 1 N–H and O–H groups in total. The highest BCUT2D eigenvalue weighted by molar-refractivity contribution is 7.92. The van der Waals surface area contributed by atoms with E-state index in [-0.39, 0.29) is 5.03 Å². The first-order valence-electron chi connectivity index (χ1n) is 10.4. The molecule has 31 heavy (non-hydrogen) atoms. The molecule has 0 aliphatic rings. The Bertz CT molecular complexity index is 1300. The number of sulfonamides is 1. The van der Waals surface area contributed by atoms with Crippen molar-refractivity contribution in [2.75, 3.05) is 4.72 Å². The van der Waals surface area contributed by atoms with Crippen molar-refractivity contribution in [1.29, 1.82) is 0 Å². The van der Waals surface area contributed by atoms with Gasteiger partial charge >= 0.3 is 0 Å². The highest BCUT2D eigenvalue weighted by Gasteiger charge is 2.20. The minimum absolute atomic E-state index is 0.0204. The summed E-state index contributed by atoms with van der Waals surface area (Å²) in [5.74, 6) is 1.66. The number of anilines is 1. The van der Waals surface area contributed by atoms with E-state index in [4.69, 9.17) is 4.98 Å². The number of hydrogen-bond donors (Lipinski definition) is 1. The topological polar surface area (TPSA) is 81.8 Å². The van der Waals surface area contributed by atoms with Crippen molar-refractivity contribution in [2.45, 2.75) is 44.7 Å². The Morgan fingerprint density at radius 1 is 1.00 bits per heavy atom. The maximum Gasteiger partial charge on any atom is 0.280 e. The molecule has 0 spiro atoms. The Hall–Kier alpha value is -3.13. The predicted molar refractivity (Wildman–Crippen MR) is 123 cm³/mol. The van der Waals surface area contributed by atoms with Gasteiger partial charge in [-0.3, -0.25) is 4.72 Å². The highest BCUT2D eigenvalue weighted by atomic mass is 32.2. The van der Waals surface area contributed by atoms with Crippen LogP contribution >= 0.6 is 0 Å². The van der Waals surface area contributed by atoms with Crippen molar-refractivity contribution in [3.05, 3.63) is 71.9 Å². The third kappa shape index (κ3) is 4.34. The zero-order valence-corrected chi connectivity index (χ0v) is 18.9. The van der Waals surface area contributed by atoms with Crippen LogP contribution in [0.2, 0.25) is 0 Å². The summed E-state index contributed by atoms with van der Waals surface area (Å²) in [5, 5.41) is 0.0204. The minimum atomic E-state index is -3.76. The summed E-state index contributed by atoms with van der Waals surface area (Å²) >= 11 is 0. The van der Waals surface area contributed by atoms with Crippen LogP contribution in [-0.2, 0) is 36.5 Å². The van der Waals surface area contributed by atoms with E-state index >= 15 is 0 Å². The molecule has 8 heteroatoms. The lowest BCUT2D eigenvalue weighted by molar-refractivity contribution is 0.598. The third-order valence-corrected chi connectivity index (χ3v) is 6.66. The van der Waals surface area contributed by atoms with Crippen molar-refractivity contribution in [3.63, 3.8) is 0 Å². The molecule has 0 saturated heterocycles. The number of benzene rings is 2. The third-order valence-electron chi connectivity index (χ3n) is 5.42. The molecule has 0 amide bonds. The first kappa shape index (κ1) is 21.1. The Balaban J connectivity index is 1.59. The summed E-state index contributed by atoms with van der Waals surface area (Å²) in [6.07, 6.45) is 3.93. The van der Waals surface area contributed by atoms with Gasteiger partial charge in [-0.05, 0) is 43.5 Å². The van der Waals surface area contributed by atoms with Gasteiger partial charge in [-0.1, -0.05) is 37.3 Å². The normalized spacial score (nSPS) is 11.8. The molecule has 2 aromatic carbocycles. The van der Waals surface area contributed by atoms with E-state index in [0.717, 1.165) is 41.8 Å². The number of nitrogens with one attached hydrogen (secondary N) is 1. The standard InChI is InChI=1S/C23H27N5O2S/c1-4-15-28-21-12-8-7-11-20(21)25-22(28)14-13-18-9-5-6-10-19(18)26-31(29,30)23-16-27(3)17(2)24-23/h5-12,16,26H,4,13-15H2,1-3H3. The fourth-order valence-electron chi connectivity index (χ4n) is 3.73. The molecule has 4 aromatic rings. The van der Waals surface area contributed by atoms with Crippen molar-refractivity contribution in [2.24, 2.45) is 7.05 Å². The van der Waals surface area contributed by atoms with Crippen molar-refractivity contribution < 1.29 is 8.42 Å². The van der Waals surface area contributed by atoms with Crippen LogP contribution < -0.4 is 4.72 Å². The van der Waals surface area contributed by atoms with Crippen LogP contribution in [0.4, 0.5) is 5.69 Å². The summed E-state index contributed by atoms with van der Waals surface area (Å²) in [5.41, 5.74) is 3.63. The second-order valence-corrected chi connectivity index (χ2v) is 9.30. The molecule has 0 unspecified atom stereocenters. The van der Waals surface area contributed by atoms with Gasteiger partial charge in [-0.2, -0.15) is 8.42 Å². The number of para-hydroxylation sites is 3. The van der Waals surface area contributed by atoms with E-state index in [1.165, 1.54) is 6.20 Å². The Morgan fingerprint density at radius 2 is 1.74 bits per heavy atom. The van der Waals surface area contributed by atoms with E-state index in [9.17, 15) is 8.42 Å². The van der Waals surface area contributed by atoms with Crippen LogP contribution in [0.1, 0.15) is 30.6 Å². The average molecular weight is 438 g/mol. The lowest BCUT2D eigenvalue weighted by Gasteiger charge is -2.12. The lowest BCUT2D eigenvalue weighted by Crippen LogP contribution is -2.15. The quantitative estimate of drug-likeness (QED) is 0.450. The van der Waals surface area contributed by atoms with Crippen molar-refractivity contribution in [3.8, 4) is 0 Å². The van der Waals surface area contributed by atoms with Crippen LogP contribution in [0, 0.1) is 6.92 Å². The molecule has 0 radical (unpaired) electrons. The number of aromatic nitrogens is 4. The van der Waals surface area contributed by atoms with E-state index in [1.54, 1.807) is 24.6 Å². The molecule has 4 rings (SSSR count). The summed E-state index contributed by atoms with van der Waals surface area (Å²) in [6, 6.07) is 15.7. The molecule has 0 saturated carbocycles.